The molecule has 12 rings (SSSR count). The van der Waals surface area contributed by atoms with Crippen molar-refractivity contribution in [2.75, 3.05) is 0 Å². The zero-order valence-corrected chi connectivity index (χ0v) is 51.5. The summed E-state index contributed by atoms with van der Waals surface area (Å²) in [7, 11) is 5.33. The summed E-state index contributed by atoms with van der Waals surface area (Å²) >= 11 is 0. The molecule has 6 heteroatoms. The molecule has 3 aliphatic rings. The third-order valence-corrected chi connectivity index (χ3v) is 16.2. The van der Waals surface area contributed by atoms with E-state index in [2.05, 4.69) is 15.0 Å². The average molecular weight is 1140 g/mol. The largest absolute Gasteiger partial charge is 0.257 e. The highest BCUT2D eigenvalue weighted by atomic mass is 14.9. The van der Waals surface area contributed by atoms with Gasteiger partial charge in [0.25, 0.3) is 0 Å². The van der Waals surface area contributed by atoms with Gasteiger partial charge in [-0.3, -0.25) is 15.0 Å². The van der Waals surface area contributed by atoms with E-state index in [1.165, 1.54) is 12.4 Å². The van der Waals surface area contributed by atoms with Gasteiger partial charge < -0.3 is 0 Å². The molecule has 0 bridgehead atoms. The molecule has 0 aliphatic heterocycles. The van der Waals surface area contributed by atoms with Gasteiger partial charge in [0.2, 0.25) is 17.1 Å². The molecule has 0 spiro atoms. The van der Waals surface area contributed by atoms with Crippen molar-refractivity contribution in [2.24, 2.45) is 32.5 Å². The van der Waals surface area contributed by atoms with Crippen molar-refractivity contribution in [1.82, 2.24) is 15.0 Å². The molecule has 432 valence electrons. The highest BCUT2D eigenvalue weighted by Crippen LogP contribution is 2.47. The van der Waals surface area contributed by atoms with E-state index < -0.39 is 71.1 Å². The van der Waals surface area contributed by atoms with Gasteiger partial charge in [-0.15, -0.1) is 0 Å². The highest BCUT2D eigenvalue weighted by Gasteiger charge is 2.33. The first-order valence-electron chi connectivity index (χ1n) is 40.3. The first-order valence-corrected chi connectivity index (χ1v) is 28.8. The van der Waals surface area contributed by atoms with Gasteiger partial charge >= 0.3 is 0 Å². The number of aromatic nitrogens is 6. The van der Waals surface area contributed by atoms with Crippen LogP contribution in [0, 0.1) is 94.0 Å². The number of aryl methyl sites for hydroxylation is 15. The van der Waals surface area contributed by atoms with Crippen molar-refractivity contribution in [3.05, 3.63) is 209 Å². The molecule has 0 radical (unpaired) electrons. The topological polar surface area (TPSA) is 50.3 Å². The molecule has 3 aromatic carbocycles. The van der Waals surface area contributed by atoms with Crippen LogP contribution in [0.2, 0.25) is 0 Å². The number of fused-ring (bicyclic) bond motifs is 9. The lowest BCUT2D eigenvalue weighted by Crippen LogP contribution is -2.32. The Hall–Kier alpha value is -7.44. The van der Waals surface area contributed by atoms with Gasteiger partial charge in [0.05, 0.1) is 33.8 Å². The number of nitrogens with zero attached hydrogens (tertiary/aromatic N) is 6. The molecule has 0 unspecified atom stereocenters. The predicted molar refractivity (Wildman–Crippen MR) is 350 cm³/mol. The summed E-state index contributed by atoms with van der Waals surface area (Å²) in [5.41, 5.74) is 19.8. The van der Waals surface area contributed by atoms with Gasteiger partial charge in [-0.05, 0) is 214 Å². The Morgan fingerprint density at radius 2 is 0.798 bits per heavy atom. The molecule has 9 aromatic rings. The maximum absolute atomic E-state index is 8.94. The lowest BCUT2D eigenvalue weighted by molar-refractivity contribution is -0.661. The van der Waals surface area contributed by atoms with Crippen LogP contribution in [0.1, 0.15) is 204 Å². The average Bonchev–Trinajstić information content (AvgIpc) is 1.14. The Labute approximate surface area is 536 Å². The summed E-state index contributed by atoms with van der Waals surface area (Å²) in [4.78, 5) is 14.0. The molecular weight excluding hydrogens is 1020 g/mol. The van der Waals surface area contributed by atoms with Gasteiger partial charge in [-0.2, -0.15) is 0 Å². The molecule has 0 amide bonds. The fourth-order valence-corrected chi connectivity index (χ4v) is 12.7. The molecule has 3 aliphatic carbocycles. The fourth-order valence-electron chi connectivity index (χ4n) is 12.7. The normalized spacial score (nSPS) is 18.0. The molecule has 0 saturated carbocycles. The second-order valence-electron chi connectivity index (χ2n) is 24.7. The van der Waals surface area contributed by atoms with Crippen molar-refractivity contribution in [2.45, 2.75) is 169 Å². The van der Waals surface area contributed by atoms with Crippen molar-refractivity contribution >= 4 is 0 Å². The smallest absolute Gasteiger partial charge is 0.213 e. The molecule has 6 heterocycles. The van der Waals surface area contributed by atoms with E-state index in [1.807, 2.05) is 70.3 Å². The van der Waals surface area contributed by atoms with Crippen LogP contribution >= 0.6 is 0 Å². The summed E-state index contributed by atoms with van der Waals surface area (Å²) in [6.07, 6.45) is 2.21. The van der Waals surface area contributed by atoms with Crippen LogP contribution in [-0.2, 0) is 53.2 Å². The SMILES string of the molecule is [2H]C([2H])([2H])c1c[n+](C)c(-c2c(C)ccc3c2Cc2nc(C)cc(C([2H])([2H])[2H])c2-3)cc1C([2H])(C)C.[2H]C([2H])([2H])c1c[n+](C)c(-c2c(C)ccc3c2Cc2nc(C)cc(C([2H])([2H])[2H])c2-3)cc1C([2H])([2H])C(C)(C)C.[2H]C([2H])([2H])c1c[n+](C)c(-c2c(C)ccc3c2Cc2nc(C)cc(C([2H])([2H])[2H])c2-3)cc1C([2H])([2H])C(C)C. The molecule has 6 nitrogen and oxygen atoms in total. The first-order chi connectivity index (χ1) is 48.7. The first kappa shape index (κ1) is 37.1. The maximum atomic E-state index is 8.94. The molecule has 0 atom stereocenters. The Morgan fingerprint density at radius 3 is 1.14 bits per heavy atom. The van der Waals surface area contributed by atoms with E-state index >= 15 is 0 Å². The van der Waals surface area contributed by atoms with E-state index in [9.17, 15) is 0 Å². The van der Waals surface area contributed by atoms with Crippen molar-refractivity contribution in [3.8, 4) is 67.2 Å². The van der Waals surface area contributed by atoms with Gasteiger partial charge in [-0.1, -0.05) is 84.9 Å². The van der Waals surface area contributed by atoms with E-state index in [-0.39, 0.29) is 38.9 Å². The third-order valence-electron chi connectivity index (χ3n) is 16.2. The Morgan fingerprint density at radius 1 is 0.452 bits per heavy atom. The van der Waals surface area contributed by atoms with Crippen molar-refractivity contribution < 1.29 is 45.2 Å². The summed E-state index contributed by atoms with van der Waals surface area (Å²) in [6.45, 7) is 9.25. The molecular formula is C78H93N6+3. The standard InChI is InChI=1S/C27H33N2.C26H31N2.C25H29N2/c1-16-9-10-21-22(13-23-25(21)17(2)11-19(4)28-23)26(16)24-12-20(14-27(5,6)7)18(3)15-29(24)8;1-15(2)10-20-12-24(28(7)14-18(20)5)26-16(3)8-9-21-22(26)13-23-25(21)17(4)11-19(6)27-23;1-14(2)20-12-23(27(7)13-17(20)5)25-15(3)8-9-19-21(25)11-22-24(19)16(4)10-18(6)26-22/h9-12,15H,13-14H2,1-8H3;8-9,11-12,14-15H,10,13H2,1-7H3;8-10,12-14H,11H2,1-7H3/q3*+1/i2D3,3D3,14D2;4D3,5D3,10D2;4D3,5D3,14D. The summed E-state index contributed by atoms with van der Waals surface area (Å²) in [5.74, 6) is -1.56. The van der Waals surface area contributed by atoms with Crippen LogP contribution in [-0.4, -0.2) is 15.0 Å². The lowest BCUT2D eigenvalue weighted by Gasteiger charge is -2.20. The molecule has 6 aromatic heterocycles. The number of hydrogen-bond acceptors (Lipinski definition) is 3. The van der Waals surface area contributed by atoms with Crippen LogP contribution in [0.3, 0.4) is 0 Å². The third kappa shape index (κ3) is 11.3. The zero-order chi connectivity index (χ0) is 80.2. The minimum Gasteiger partial charge on any atom is -0.257 e. The van der Waals surface area contributed by atoms with Crippen LogP contribution in [0.5, 0.6) is 0 Å². The lowest BCUT2D eigenvalue weighted by atomic mass is 9.85. The Balaban J connectivity index is 0.000000172. The van der Waals surface area contributed by atoms with Crippen LogP contribution in [0.25, 0.3) is 67.2 Å². The number of benzene rings is 3. The number of pyridine rings is 6. The van der Waals surface area contributed by atoms with Crippen LogP contribution in [0.4, 0.5) is 0 Å². The van der Waals surface area contributed by atoms with Crippen molar-refractivity contribution in [3.63, 3.8) is 0 Å². The van der Waals surface area contributed by atoms with Crippen LogP contribution < -0.4 is 13.7 Å². The van der Waals surface area contributed by atoms with E-state index in [0.717, 1.165) is 78.1 Å². The molecule has 0 saturated heterocycles. The number of rotatable bonds is 7. The summed E-state index contributed by atoms with van der Waals surface area (Å²) in [5, 5.41) is 0. The van der Waals surface area contributed by atoms with E-state index in [0.29, 0.717) is 86.9 Å². The van der Waals surface area contributed by atoms with Gasteiger partial charge in [0.15, 0.2) is 18.6 Å². The van der Waals surface area contributed by atoms with E-state index in [4.69, 9.17) is 31.5 Å². The number of hydrogen-bond donors (Lipinski definition) is 0. The Bertz CT molecular complexity index is 5090. The monoisotopic (exact) mass is 1140 g/mol. The van der Waals surface area contributed by atoms with Crippen LogP contribution in [0.15, 0.2) is 91.4 Å². The second kappa shape index (κ2) is 22.9. The van der Waals surface area contributed by atoms with Gasteiger partial charge in [-0.25, -0.2) is 13.7 Å². The zero-order valence-electron chi connectivity index (χ0n) is 74.5. The van der Waals surface area contributed by atoms with E-state index in [1.54, 1.807) is 134 Å². The quantitative estimate of drug-likeness (QED) is 0.149. The highest BCUT2D eigenvalue weighted by molar-refractivity contribution is 5.88. The van der Waals surface area contributed by atoms with Gasteiger partial charge in [0, 0.05) is 119 Å². The summed E-state index contributed by atoms with van der Waals surface area (Å²) < 4.78 is 195. The van der Waals surface area contributed by atoms with Gasteiger partial charge in [0.1, 0.15) is 21.1 Å². The van der Waals surface area contributed by atoms with Crippen molar-refractivity contribution in [1.29, 1.82) is 0 Å². The fraction of sp³-hybridized carbons (Fsp3) is 0.385. The second-order valence-corrected chi connectivity index (χ2v) is 24.7. The Kier molecular flexibility index (Phi) is 10.1. The molecule has 0 N–H and O–H groups in total. The maximum Gasteiger partial charge on any atom is 0.213 e. The summed E-state index contributed by atoms with van der Waals surface area (Å²) in [6, 6.07) is 21.7. The minimum atomic E-state index is -2.50. The predicted octanol–water partition coefficient (Wildman–Crippen LogP) is 17.0. The molecule has 84 heavy (non-hydrogen) atoms. The minimum absolute atomic E-state index is 0.0112. The molecule has 0 fully saturated rings.